The van der Waals surface area contributed by atoms with Gasteiger partial charge in [-0.25, -0.2) is 0 Å². The molecule has 17 heavy (non-hydrogen) atoms. The lowest BCUT2D eigenvalue weighted by atomic mass is 9.87. The Labute approximate surface area is 101 Å². The van der Waals surface area contributed by atoms with Gasteiger partial charge in [0.25, 0.3) is 0 Å². The van der Waals surface area contributed by atoms with E-state index in [-0.39, 0.29) is 5.60 Å². The molecule has 0 amide bonds. The highest BCUT2D eigenvalue weighted by molar-refractivity contribution is 5.50. The van der Waals surface area contributed by atoms with E-state index in [0.717, 1.165) is 22.6 Å². The summed E-state index contributed by atoms with van der Waals surface area (Å²) < 4.78 is 21.6. The Balaban J connectivity index is 2.52. The molecule has 0 N–H and O–H groups in total. The summed E-state index contributed by atoms with van der Waals surface area (Å²) in [6.45, 7) is 3.15. The molecule has 0 bridgehead atoms. The molecule has 0 aliphatic carbocycles. The number of methoxy groups -OCH3 is 3. The maximum absolute atomic E-state index is 5.61. The quantitative estimate of drug-likeness (QED) is 0.802. The lowest BCUT2D eigenvalue weighted by Crippen LogP contribution is -2.49. The third-order valence-electron chi connectivity index (χ3n) is 3.25. The first kappa shape index (κ1) is 12.2. The van der Waals surface area contributed by atoms with E-state index in [1.165, 1.54) is 0 Å². The van der Waals surface area contributed by atoms with Gasteiger partial charge in [-0.15, -0.1) is 0 Å². The minimum absolute atomic E-state index is 0.373. The zero-order valence-corrected chi connectivity index (χ0v) is 10.7. The van der Waals surface area contributed by atoms with Crippen LogP contribution in [0.4, 0.5) is 0 Å². The van der Waals surface area contributed by atoms with Crippen molar-refractivity contribution in [2.75, 3.05) is 34.5 Å². The van der Waals surface area contributed by atoms with Gasteiger partial charge in [0.1, 0.15) is 17.1 Å². The summed E-state index contributed by atoms with van der Waals surface area (Å²) in [6, 6.07) is 3.86. The maximum atomic E-state index is 5.61. The molecule has 2 rings (SSSR count). The predicted molar refractivity (Wildman–Crippen MR) is 63.8 cm³/mol. The van der Waals surface area contributed by atoms with Crippen LogP contribution in [0.3, 0.4) is 0 Å². The minimum atomic E-state index is -0.373. The lowest BCUT2D eigenvalue weighted by Gasteiger charge is -2.41. The molecule has 1 heterocycles. The average Bonchev–Trinajstić information content (AvgIpc) is 2.29. The minimum Gasteiger partial charge on any atom is -0.497 e. The Bertz CT molecular complexity index is 405. The van der Waals surface area contributed by atoms with Crippen LogP contribution in [0.15, 0.2) is 12.1 Å². The van der Waals surface area contributed by atoms with Crippen molar-refractivity contribution in [3.05, 3.63) is 23.3 Å². The fourth-order valence-electron chi connectivity index (χ4n) is 2.24. The highest BCUT2D eigenvalue weighted by atomic mass is 16.6. The summed E-state index contributed by atoms with van der Waals surface area (Å²) in [5, 5.41) is 0. The zero-order chi connectivity index (χ0) is 12.5. The van der Waals surface area contributed by atoms with Crippen molar-refractivity contribution in [3.63, 3.8) is 0 Å². The van der Waals surface area contributed by atoms with Crippen LogP contribution in [0, 0.1) is 6.92 Å². The van der Waals surface area contributed by atoms with Crippen molar-refractivity contribution in [1.82, 2.24) is 0 Å². The third-order valence-corrected chi connectivity index (χ3v) is 3.25. The van der Waals surface area contributed by atoms with Crippen molar-refractivity contribution in [2.24, 2.45) is 0 Å². The van der Waals surface area contributed by atoms with Crippen molar-refractivity contribution < 1.29 is 18.9 Å². The average molecular weight is 238 g/mol. The normalized spacial score (nSPS) is 17.4. The molecule has 4 nitrogen and oxygen atoms in total. The van der Waals surface area contributed by atoms with E-state index in [1.807, 2.05) is 19.1 Å². The standard InChI is InChI=1S/C13H18O4/c1-9-5-10(14-2)6-11(15-3)12(9)13(16-4)7-17-8-13/h5-6H,7-8H2,1-4H3. The monoisotopic (exact) mass is 238 g/mol. The maximum Gasteiger partial charge on any atom is 0.143 e. The molecule has 0 atom stereocenters. The van der Waals surface area contributed by atoms with Crippen molar-refractivity contribution in [1.29, 1.82) is 0 Å². The van der Waals surface area contributed by atoms with Crippen LogP contribution in [0.2, 0.25) is 0 Å². The van der Waals surface area contributed by atoms with Crippen molar-refractivity contribution in [3.8, 4) is 11.5 Å². The zero-order valence-electron chi connectivity index (χ0n) is 10.7. The van der Waals surface area contributed by atoms with Gasteiger partial charge in [0.2, 0.25) is 0 Å². The van der Waals surface area contributed by atoms with E-state index in [1.54, 1.807) is 21.3 Å². The van der Waals surface area contributed by atoms with Crippen LogP contribution >= 0.6 is 0 Å². The summed E-state index contributed by atoms with van der Waals surface area (Å²) in [7, 11) is 5.00. The first-order chi connectivity index (χ1) is 8.16. The van der Waals surface area contributed by atoms with Gasteiger partial charge in [-0.2, -0.15) is 0 Å². The molecule has 4 heteroatoms. The van der Waals surface area contributed by atoms with Crippen LogP contribution in [0.5, 0.6) is 11.5 Å². The molecule has 0 radical (unpaired) electrons. The molecule has 1 aromatic carbocycles. The molecular weight excluding hydrogens is 220 g/mol. The van der Waals surface area contributed by atoms with Crippen LogP contribution in [-0.2, 0) is 15.1 Å². The van der Waals surface area contributed by atoms with Gasteiger partial charge < -0.3 is 18.9 Å². The number of rotatable bonds is 4. The third kappa shape index (κ3) is 1.87. The number of ether oxygens (including phenoxy) is 4. The summed E-state index contributed by atoms with van der Waals surface area (Å²) in [6.07, 6.45) is 0. The van der Waals surface area contributed by atoms with E-state index in [9.17, 15) is 0 Å². The Morgan fingerprint density at radius 2 is 1.82 bits per heavy atom. The fourth-order valence-corrected chi connectivity index (χ4v) is 2.24. The van der Waals surface area contributed by atoms with Crippen LogP contribution in [-0.4, -0.2) is 34.5 Å². The molecule has 0 unspecified atom stereocenters. The second kappa shape index (κ2) is 4.55. The van der Waals surface area contributed by atoms with Crippen LogP contribution in [0.25, 0.3) is 0 Å². The van der Waals surface area contributed by atoms with E-state index < -0.39 is 0 Å². The fraction of sp³-hybridized carbons (Fsp3) is 0.538. The van der Waals surface area contributed by atoms with E-state index in [2.05, 4.69) is 0 Å². The van der Waals surface area contributed by atoms with Crippen molar-refractivity contribution in [2.45, 2.75) is 12.5 Å². The van der Waals surface area contributed by atoms with Gasteiger partial charge >= 0.3 is 0 Å². The smallest absolute Gasteiger partial charge is 0.143 e. The number of aryl methyl sites for hydroxylation is 1. The molecule has 0 spiro atoms. The number of hydrogen-bond acceptors (Lipinski definition) is 4. The largest absolute Gasteiger partial charge is 0.497 e. The number of hydrogen-bond donors (Lipinski definition) is 0. The summed E-state index contributed by atoms with van der Waals surface area (Å²) in [5.41, 5.74) is 1.77. The molecule has 94 valence electrons. The molecule has 0 aromatic heterocycles. The van der Waals surface area contributed by atoms with Gasteiger partial charge in [0.15, 0.2) is 0 Å². The second-order valence-corrected chi connectivity index (χ2v) is 4.21. The van der Waals surface area contributed by atoms with E-state index >= 15 is 0 Å². The molecule has 1 fully saturated rings. The van der Waals surface area contributed by atoms with E-state index in [0.29, 0.717) is 13.2 Å². The van der Waals surface area contributed by atoms with Crippen LogP contribution < -0.4 is 9.47 Å². The highest BCUT2D eigenvalue weighted by Gasteiger charge is 2.44. The first-order valence-corrected chi connectivity index (χ1v) is 5.53. The highest BCUT2D eigenvalue weighted by Crippen LogP contribution is 2.42. The SMILES string of the molecule is COc1cc(C)c(C2(OC)COC2)c(OC)c1. The molecule has 1 aliphatic heterocycles. The van der Waals surface area contributed by atoms with Crippen molar-refractivity contribution >= 4 is 0 Å². The Morgan fingerprint density at radius 3 is 2.24 bits per heavy atom. The summed E-state index contributed by atoms with van der Waals surface area (Å²) >= 11 is 0. The molecule has 1 aromatic rings. The van der Waals surface area contributed by atoms with Gasteiger partial charge in [-0.1, -0.05) is 0 Å². The Kier molecular flexibility index (Phi) is 3.26. The molecule has 1 aliphatic rings. The Morgan fingerprint density at radius 1 is 1.12 bits per heavy atom. The molecule has 0 saturated carbocycles. The number of benzene rings is 1. The van der Waals surface area contributed by atoms with Gasteiger partial charge in [0.05, 0.1) is 27.4 Å². The first-order valence-electron chi connectivity index (χ1n) is 5.53. The topological polar surface area (TPSA) is 36.9 Å². The van der Waals surface area contributed by atoms with Gasteiger partial charge in [-0.3, -0.25) is 0 Å². The molecule has 1 saturated heterocycles. The summed E-state index contributed by atoms with van der Waals surface area (Å²) in [5.74, 6) is 1.57. The van der Waals surface area contributed by atoms with E-state index in [4.69, 9.17) is 18.9 Å². The lowest BCUT2D eigenvalue weighted by molar-refractivity contribution is -0.203. The second-order valence-electron chi connectivity index (χ2n) is 4.21. The Hall–Kier alpha value is -1.26. The summed E-state index contributed by atoms with van der Waals surface area (Å²) in [4.78, 5) is 0. The molecular formula is C13H18O4. The van der Waals surface area contributed by atoms with Crippen LogP contribution in [0.1, 0.15) is 11.1 Å². The predicted octanol–water partition coefficient (Wildman–Crippen LogP) is 1.88. The van der Waals surface area contributed by atoms with Gasteiger partial charge in [0, 0.05) is 18.7 Å². The van der Waals surface area contributed by atoms with Gasteiger partial charge in [-0.05, 0) is 18.6 Å².